The number of nitrogens with two attached hydrogens (primary N) is 1. The van der Waals surface area contributed by atoms with Gasteiger partial charge in [0.25, 0.3) is 0 Å². The average Bonchev–Trinajstić information content (AvgIpc) is 2.79. The van der Waals surface area contributed by atoms with Crippen LogP contribution in [0.15, 0.2) is 60.9 Å². The fourth-order valence-corrected chi connectivity index (χ4v) is 3.93. The highest BCUT2D eigenvalue weighted by Gasteiger charge is 2.20. The van der Waals surface area contributed by atoms with Crippen LogP contribution in [0.5, 0.6) is 5.75 Å². The Morgan fingerprint density at radius 1 is 0.968 bits per heavy atom. The second kappa shape index (κ2) is 9.87. The number of rotatable bonds is 8. The van der Waals surface area contributed by atoms with Crippen LogP contribution in [0.1, 0.15) is 0 Å². The number of fused-ring (bicyclic) bond motifs is 1. The van der Waals surface area contributed by atoms with Crippen LogP contribution in [0, 0.1) is 0 Å². The lowest BCUT2D eigenvalue weighted by molar-refractivity contribution is -0.119. The van der Waals surface area contributed by atoms with Gasteiger partial charge in [-0.2, -0.15) is 0 Å². The van der Waals surface area contributed by atoms with Gasteiger partial charge >= 0.3 is 0 Å². The van der Waals surface area contributed by atoms with Crippen molar-refractivity contribution in [2.24, 2.45) is 5.73 Å². The molecule has 7 heteroatoms. The van der Waals surface area contributed by atoms with Gasteiger partial charge in [0, 0.05) is 45.1 Å². The summed E-state index contributed by atoms with van der Waals surface area (Å²) in [5.41, 5.74) is 7.53. The van der Waals surface area contributed by atoms with Gasteiger partial charge in [-0.05, 0) is 52.2 Å². The van der Waals surface area contributed by atoms with Crippen LogP contribution in [0.4, 0.5) is 0 Å². The minimum Gasteiger partial charge on any atom is -0.491 e. The summed E-state index contributed by atoms with van der Waals surface area (Å²) in [6, 6.07) is 16.3. The predicted molar refractivity (Wildman–Crippen MR) is 121 cm³/mol. The number of aliphatic hydroxyl groups excluding tert-OH is 1. The molecule has 0 radical (unpaired) electrons. The molecule has 1 fully saturated rings. The third kappa shape index (κ3) is 5.79. The van der Waals surface area contributed by atoms with Crippen LogP contribution >= 0.6 is 0 Å². The SMILES string of the molecule is NC(=O)CN1CCN(CC(O)COc2ccc3cc(-c4ccncc4)ccc3c2)CC1. The van der Waals surface area contributed by atoms with Crippen LogP contribution in [-0.2, 0) is 4.79 Å². The smallest absolute Gasteiger partial charge is 0.231 e. The molecule has 0 spiro atoms. The Balaban J connectivity index is 1.29. The zero-order chi connectivity index (χ0) is 21.6. The molecule has 0 saturated carbocycles. The van der Waals surface area contributed by atoms with E-state index >= 15 is 0 Å². The first-order valence-corrected chi connectivity index (χ1v) is 10.5. The van der Waals surface area contributed by atoms with Crippen LogP contribution in [0.25, 0.3) is 21.9 Å². The van der Waals surface area contributed by atoms with Crippen LogP contribution in [0.3, 0.4) is 0 Å². The Kier molecular flexibility index (Phi) is 6.76. The van der Waals surface area contributed by atoms with E-state index in [1.165, 1.54) is 0 Å². The van der Waals surface area contributed by atoms with E-state index in [9.17, 15) is 9.90 Å². The van der Waals surface area contributed by atoms with Crippen molar-refractivity contribution < 1.29 is 14.6 Å². The highest BCUT2D eigenvalue weighted by molar-refractivity contribution is 5.88. The number of amides is 1. The van der Waals surface area contributed by atoms with Gasteiger partial charge in [-0.3, -0.25) is 19.6 Å². The monoisotopic (exact) mass is 420 g/mol. The first kappa shape index (κ1) is 21.2. The van der Waals surface area contributed by atoms with E-state index in [1.54, 1.807) is 12.4 Å². The van der Waals surface area contributed by atoms with E-state index < -0.39 is 6.10 Å². The molecule has 1 saturated heterocycles. The van der Waals surface area contributed by atoms with Crippen molar-refractivity contribution in [3.8, 4) is 16.9 Å². The number of aliphatic hydroxyl groups is 1. The van der Waals surface area contributed by atoms with Crippen LogP contribution in [0.2, 0.25) is 0 Å². The number of carbonyl (C=O) groups excluding carboxylic acids is 1. The number of aromatic nitrogens is 1. The number of piperazine rings is 1. The molecule has 4 rings (SSSR count). The molecule has 3 aromatic rings. The molecule has 2 heterocycles. The molecule has 1 amide bonds. The van der Waals surface area contributed by atoms with Crippen molar-refractivity contribution in [3.05, 3.63) is 60.9 Å². The van der Waals surface area contributed by atoms with Gasteiger partial charge in [-0.25, -0.2) is 0 Å². The number of nitrogens with zero attached hydrogens (tertiary/aromatic N) is 3. The Morgan fingerprint density at radius 3 is 2.39 bits per heavy atom. The summed E-state index contributed by atoms with van der Waals surface area (Å²) in [5, 5.41) is 12.6. The van der Waals surface area contributed by atoms with Gasteiger partial charge in [0.05, 0.1) is 6.54 Å². The molecule has 1 aromatic heterocycles. The highest BCUT2D eigenvalue weighted by Crippen LogP contribution is 2.27. The van der Waals surface area contributed by atoms with Gasteiger partial charge < -0.3 is 15.6 Å². The number of carbonyl (C=O) groups is 1. The number of ether oxygens (including phenoxy) is 1. The maximum Gasteiger partial charge on any atom is 0.231 e. The molecule has 1 aliphatic rings. The third-order valence-electron chi connectivity index (χ3n) is 5.58. The van der Waals surface area contributed by atoms with Gasteiger partial charge in [-0.1, -0.05) is 18.2 Å². The standard InChI is InChI=1S/C24H28N4O3/c25-24(30)16-28-11-9-27(10-12-28)15-22(29)17-31-23-4-3-20-13-19(1-2-21(20)14-23)18-5-7-26-8-6-18/h1-8,13-14,22,29H,9-12,15-17H2,(H2,25,30). The number of hydrogen-bond donors (Lipinski definition) is 2. The van der Waals surface area contributed by atoms with Crippen molar-refractivity contribution in [1.29, 1.82) is 0 Å². The fraction of sp³-hybridized carbons (Fsp3) is 0.333. The Bertz CT molecular complexity index is 1020. The molecule has 1 unspecified atom stereocenters. The summed E-state index contributed by atoms with van der Waals surface area (Å²) in [6.07, 6.45) is 3.01. The van der Waals surface area contributed by atoms with Crippen molar-refractivity contribution >= 4 is 16.7 Å². The maximum atomic E-state index is 11.0. The maximum absolute atomic E-state index is 11.0. The number of pyridine rings is 1. The normalized spacial score (nSPS) is 16.3. The minimum absolute atomic E-state index is 0.238. The zero-order valence-electron chi connectivity index (χ0n) is 17.5. The molecular formula is C24H28N4O3. The molecule has 1 aliphatic heterocycles. The molecule has 0 aliphatic carbocycles. The van der Waals surface area contributed by atoms with E-state index in [2.05, 4.69) is 28.1 Å². The van der Waals surface area contributed by atoms with Gasteiger partial charge in [-0.15, -0.1) is 0 Å². The summed E-state index contributed by atoms with van der Waals surface area (Å²) in [4.78, 5) is 19.3. The van der Waals surface area contributed by atoms with E-state index in [-0.39, 0.29) is 12.5 Å². The van der Waals surface area contributed by atoms with Crippen LogP contribution in [-0.4, -0.2) is 77.8 Å². The van der Waals surface area contributed by atoms with Crippen molar-refractivity contribution in [2.75, 3.05) is 45.9 Å². The van der Waals surface area contributed by atoms with Crippen molar-refractivity contribution in [1.82, 2.24) is 14.8 Å². The summed E-state index contributed by atoms with van der Waals surface area (Å²) in [7, 11) is 0. The van der Waals surface area contributed by atoms with Gasteiger partial charge in [0.15, 0.2) is 0 Å². The van der Waals surface area contributed by atoms with Crippen molar-refractivity contribution in [3.63, 3.8) is 0 Å². The average molecular weight is 421 g/mol. The van der Waals surface area contributed by atoms with Gasteiger partial charge in [0.2, 0.25) is 5.91 Å². The lowest BCUT2D eigenvalue weighted by Gasteiger charge is -2.34. The van der Waals surface area contributed by atoms with E-state index in [4.69, 9.17) is 10.5 Å². The topological polar surface area (TPSA) is 91.9 Å². The molecule has 7 nitrogen and oxygen atoms in total. The van der Waals surface area contributed by atoms with E-state index in [0.717, 1.165) is 53.8 Å². The summed E-state index contributed by atoms with van der Waals surface area (Å²) in [6.45, 7) is 4.26. The third-order valence-corrected chi connectivity index (χ3v) is 5.58. The second-order valence-corrected chi connectivity index (χ2v) is 7.97. The molecule has 0 bridgehead atoms. The number of primary amides is 1. The lowest BCUT2D eigenvalue weighted by Crippen LogP contribution is -2.50. The van der Waals surface area contributed by atoms with E-state index in [1.807, 2.05) is 35.2 Å². The van der Waals surface area contributed by atoms with E-state index in [0.29, 0.717) is 13.1 Å². The predicted octanol–water partition coefficient (Wildman–Crippen LogP) is 1.74. The molecule has 3 N–H and O–H groups in total. The molecular weight excluding hydrogens is 392 g/mol. The number of β-amino-alcohol motifs (C(OH)–C–C–N with tert-alkyl or cyclic N) is 1. The summed E-state index contributed by atoms with van der Waals surface area (Å²) in [5.74, 6) is 0.445. The first-order chi connectivity index (χ1) is 15.1. The number of hydrogen-bond acceptors (Lipinski definition) is 6. The Labute approximate surface area is 182 Å². The minimum atomic E-state index is -0.576. The fourth-order valence-electron chi connectivity index (χ4n) is 3.93. The molecule has 2 aromatic carbocycles. The summed E-state index contributed by atoms with van der Waals surface area (Å²) >= 11 is 0. The molecule has 162 valence electrons. The summed E-state index contributed by atoms with van der Waals surface area (Å²) < 4.78 is 5.85. The molecule has 1 atom stereocenters. The number of benzene rings is 2. The van der Waals surface area contributed by atoms with Gasteiger partial charge in [0.1, 0.15) is 18.5 Å². The zero-order valence-corrected chi connectivity index (χ0v) is 17.5. The Morgan fingerprint density at radius 2 is 1.65 bits per heavy atom. The Hall–Kier alpha value is -3.00. The van der Waals surface area contributed by atoms with Crippen LogP contribution < -0.4 is 10.5 Å². The largest absolute Gasteiger partial charge is 0.491 e. The second-order valence-electron chi connectivity index (χ2n) is 7.97. The first-order valence-electron chi connectivity index (χ1n) is 10.5. The lowest BCUT2D eigenvalue weighted by atomic mass is 10.0. The quantitative estimate of drug-likeness (QED) is 0.577. The highest BCUT2D eigenvalue weighted by atomic mass is 16.5. The van der Waals surface area contributed by atoms with Crippen molar-refractivity contribution in [2.45, 2.75) is 6.10 Å². The molecule has 31 heavy (non-hydrogen) atoms.